The maximum Gasteiger partial charge on any atom is 0.303 e. The number of benzene rings is 2. The van der Waals surface area contributed by atoms with Crippen molar-refractivity contribution >= 4 is 56.5 Å². The van der Waals surface area contributed by atoms with E-state index in [4.69, 9.17) is 25.9 Å². The van der Waals surface area contributed by atoms with Crippen LogP contribution in [-0.4, -0.2) is 52.5 Å². The largest absolute Gasteiger partial charge is 0.481 e. The second-order valence-corrected chi connectivity index (χ2v) is 10.7. The van der Waals surface area contributed by atoms with Gasteiger partial charge in [0.1, 0.15) is 17.6 Å². The molecule has 0 radical (unpaired) electrons. The molecule has 4 aromatic rings. The standard InChI is InChI=1S/C28H25ClFN3O6S/c1-38-17-10-23(28-31-12-16(39-28)6-7-26(35)36)33(13-17)25(34)9-15-8-20(29)22(11-21(15)30)32-27(37)19-14-40-24-5-3-2-4-18(19)24/h2-5,8,11-12,14,17,23H,6-7,9-10,13H2,1H3,(H,32,37)(H,35,36)/t17-,23-/m0/s1. The summed E-state index contributed by atoms with van der Waals surface area (Å²) in [5.41, 5.74) is 0.632. The molecule has 0 saturated carbocycles. The third kappa shape index (κ3) is 5.86. The van der Waals surface area contributed by atoms with Crippen LogP contribution in [0, 0.1) is 5.82 Å². The van der Waals surface area contributed by atoms with E-state index in [0.29, 0.717) is 17.7 Å². The average Bonchev–Trinajstić information content (AvgIpc) is 3.68. The van der Waals surface area contributed by atoms with Crippen molar-refractivity contribution in [3.8, 4) is 0 Å². The Morgan fingerprint density at radius 3 is 2.88 bits per heavy atom. The molecule has 1 saturated heterocycles. The Labute approximate surface area is 237 Å². The van der Waals surface area contributed by atoms with E-state index in [1.165, 1.54) is 35.6 Å². The van der Waals surface area contributed by atoms with E-state index in [-0.39, 0.29) is 60.0 Å². The van der Waals surface area contributed by atoms with Gasteiger partial charge in [0, 0.05) is 42.0 Å². The number of carboxylic acid groups (broad SMARTS) is 1. The van der Waals surface area contributed by atoms with Crippen LogP contribution in [0.25, 0.3) is 10.1 Å². The lowest BCUT2D eigenvalue weighted by molar-refractivity contribution is -0.137. The van der Waals surface area contributed by atoms with E-state index in [2.05, 4.69) is 10.3 Å². The molecule has 3 heterocycles. The fraction of sp³-hybridized carbons (Fsp3) is 0.286. The molecule has 0 spiro atoms. The van der Waals surface area contributed by atoms with Gasteiger partial charge in [0.05, 0.1) is 41.4 Å². The van der Waals surface area contributed by atoms with Gasteiger partial charge in [-0.15, -0.1) is 11.3 Å². The zero-order valence-electron chi connectivity index (χ0n) is 21.4. The topological polar surface area (TPSA) is 122 Å². The lowest BCUT2D eigenvalue weighted by Crippen LogP contribution is -2.33. The number of rotatable bonds is 9. The Morgan fingerprint density at radius 2 is 2.10 bits per heavy atom. The van der Waals surface area contributed by atoms with Crippen LogP contribution < -0.4 is 5.32 Å². The van der Waals surface area contributed by atoms with Gasteiger partial charge in [-0.05, 0) is 23.8 Å². The van der Waals surface area contributed by atoms with Gasteiger partial charge in [-0.1, -0.05) is 29.8 Å². The van der Waals surface area contributed by atoms with Crippen molar-refractivity contribution in [1.29, 1.82) is 0 Å². The molecule has 2 N–H and O–H groups in total. The molecule has 0 bridgehead atoms. The summed E-state index contributed by atoms with van der Waals surface area (Å²) in [6, 6.07) is 9.38. The van der Waals surface area contributed by atoms with Crippen molar-refractivity contribution < 1.29 is 33.0 Å². The Balaban J connectivity index is 1.30. The molecule has 1 aliphatic rings. The summed E-state index contributed by atoms with van der Waals surface area (Å²) in [5, 5.41) is 14.2. The van der Waals surface area contributed by atoms with Gasteiger partial charge in [-0.3, -0.25) is 14.4 Å². The average molecular weight is 586 g/mol. The Kier molecular flexibility index (Phi) is 8.15. The summed E-state index contributed by atoms with van der Waals surface area (Å²) in [5.74, 6) is -1.77. The molecule has 0 unspecified atom stereocenters. The van der Waals surface area contributed by atoms with E-state index < -0.39 is 23.7 Å². The fourth-order valence-corrected chi connectivity index (χ4v) is 5.90. The molecule has 5 rings (SSSR count). The predicted octanol–water partition coefficient (Wildman–Crippen LogP) is 5.48. The van der Waals surface area contributed by atoms with Gasteiger partial charge in [-0.2, -0.15) is 0 Å². The van der Waals surface area contributed by atoms with Crippen LogP contribution in [0.2, 0.25) is 5.02 Å². The van der Waals surface area contributed by atoms with Gasteiger partial charge in [-0.25, -0.2) is 9.37 Å². The van der Waals surface area contributed by atoms with Crippen molar-refractivity contribution in [2.24, 2.45) is 0 Å². The van der Waals surface area contributed by atoms with Crippen molar-refractivity contribution in [2.45, 2.75) is 37.8 Å². The third-order valence-electron chi connectivity index (χ3n) is 6.81. The molecule has 208 valence electrons. The number of fused-ring (bicyclic) bond motifs is 1. The molecule has 9 nitrogen and oxygen atoms in total. The number of hydrogen-bond donors (Lipinski definition) is 2. The number of carbonyl (C=O) groups is 3. The molecule has 1 aliphatic heterocycles. The van der Waals surface area contributed by atoms with Crippen LogP contribution in [0.4, 0.5) is 10.1 Å². The number of ether oxygens (including phenoxy) is 1. The molecular weight excluding hydrogens is 561 g/mol. The van der Waals surface area contributed by atoms with E-state index in [1.807, 2.05) is 24.3 Å². The number of nitrogens with zero attached hydrogens (tertiary/aromatic N) is 2. The Morgan fingerprint density at radius 1 is 1.30 bits per heavy atom. The Hall–Kier alpha value is -3.80. The maximum absolute atomic E-state index is 15.2. The lowest BCUT2D eigenvalue weighted by Gasteiger charge is -2.22. The highest BCUT2D eigenvalue weighted by molar-refractivity contribution is 7.17. The van der Waals surface area contributed by atoms with Crippen LogP contribution in [0.1, 0.15) is 46.5 Å². The van der Waals surface area contributed by atoms with E-state index in [1.54, 1.807) is 5.38 Å². The second-order valence-electron chi connectivity index (χ2n) is 9.41. The molecule has 40 heavy (non-hydrogen) atoms. The van der Waals surface area contributed by atoms with Gasteiger partial charge in [0.2, 0.25) is 11.8 Å². The van der Waals surface area contributed by atoms with E-state index >= 15 is 4.39 Å². The van der Waals surface area contributed by atoms with Gasteiger partial charge < -0.3 is 24.5 Å². The van der Waals surface area contributed by atoms with Crippen LogP contribution in [-0.2, 0) is 27.2 Å². The summed E-state index contributed by atoms with van der Waals surface area (Å²) in [7, 11) is 1.54. The minimum atomic E-state index is -0.957. The summed E-state index contributed by atoms with van der Waals surface area (Å²) in [4.78, 5) is 42.9. The number of carboxylic acids is 1. The first-order valence-electron chi connectivity index (χ1n) is 12.5. The van der Waals surface area contributed by atoms with Crippen LogP contribution >= 0.6 is 22.9 Å². The molecule has 2 aromatic heterocycles. The van der Waals surface area contributed by atoms with Crippen molar-refractivity contribution in [3.05, 3.63) is 81.6 Å². The first kappa shape index (κ1) is 27.8. The molecule has 12 heteroatoms. The number of thiophene rings is 1. The number of anilines is 1. The van der Waals surface area contributed by atoms with E-state index in [0.717, 1.165) is 16.2 Å². The van der Waals surface area contributed by atoms with Crippen molar-refractivity contribution in [2.75, 3.05) is 19.0 Å². The Bertz CT molecular complexity index is 1590. The smallest absolute Gasteiger partial charge is 0.303 e. The minimum Gasteiger partial charge on any atom is -0.481 e. The minimum absolute atomic E-state index is 0.0724. The molecule has 0 aliphatic carbocycles. The number of likely N-dealkylation sites (tertiary alicyclic amines) is 1. The summed E-state index contributed by atoms with van der Waals surface area (Å²) in [6.07, 6.45) is 1.38. The summed E-state index contributed by atoms with van der Waals surface area (Å²) >= 11 is 7.84. The number of aliphatic carboxylic acids is 1. The quantitative estimate of drug-likeness (QED) is 0.267. The number of halogens is 2. The highest BCUT2D eigenvalue weighted by atomic mass is 35.5. The monoisotopic (exact) mass is 585 g/mol. The van der Waals surface area contributed by atoms with Crippen LogP contribution in [0.15, 0.2) is 52.4 Å². The van der Waals surface area contributed by atoms with Crippen LogP contribution in [0.5, 0.6) is 0 Å². The van der Waals surface area contributed by atoms with Crippen LogP contribution in [0.3, 0.4) is 0 Å². The zero-order chi connectivity index (χ0) is 28.4. The predicted molar refractivity (Wildman–Crippen MR) is 147 cm³/mol. The number of hydrogen-bond acceptors (Lipinski definition) is 7. The number of aryl methyl sites for hydroxylation is 1. The number of oxazole rings is 1. The molecule has 1 fully saturated rings. The number of carbonyl (C=O) groups excluding carboxylic acids is 2. The van der Waals surface area contributed by atoms with Gasteiger partial charge >= 0.3 is 5.97 Å². The number of methoxy groups -OCH3 is 1. The summed E-state index contributed by atoms with van der Waals surface area (Å²) < 4.78 is 27.3. The third-order valence-corrected chi connectivity index (χ3v) is 8.09. The highest BCUT2D eigenvalue weighted by Gasteiger charge is 2.39. The summed E-state index contributed by atoms with van der Waals surface area (Å²) in [6.45, 7) is 0.255. The van der Waals surface area contributed by atoms with Gasteiger partial charge in [0.25, 0.3) is 5.91 Å². The van der Waals surface area contributed by atoms with E-state index in [9.17, 15) is 14.4 Å². The number of aromatic nitrogens is 1. The number of nitrogens with one attached hydrogen (secondary N) is 1. The van der Waals surface area contributed by atoms with Crippen molar-refractivity contribution in [1.82, 2.24) is 9.88 Å². The molecule has 2 amide bonds. The van der Waals surface area contributed by atoms with Gasteiger partial charge in [0.15, 0.2) is 0 Å². The molecule has 2 aromatic carbocycles. The number of amides is 2. The first-order valence-corrected chi connectivity index (χ1v) is 13.7. The normalized spacial score (nSPS) is 16.9. The molecular formula is C28H25ClFN3O6S. The maximum atomic E-state index is 15.2. The second kappa shape index (κ2) is 11.7. The SMILES string of the molecule is CO[C@H]1C[C@@H](c2ncc(CCC(=O)O)o2)N(C(=O)Cc2cc(Cl)c(NC(=O)c3csc4ccccc34)cc2F)C1. The molecule has 2 atom stereocenters. The van der Waals surface area contributed by atoms with Crippen molar-refractivity contribution in [3.63, 3.8) is 0 Å². The highest BCUT2D eigenvalue weighted by Crippen LogP contribution is 2.35. The fourth-order valence-electron chi connectivity index (χ4n) is 4.73. The first-order chi connectivity index (χ1) is 19.2. The zero-order valence-corrected chi connectivity index (χ0v) is 22.9. The lowest BCUT2D eigenvalue weighted by atomic mass is 10.1.